The number of nitrogens with zero attached hydrogens (tertiary/aromatic N) is 2. The van der Waals surface area contributed by atoms with Crippen LogP contribution in [-0.4, -0.2) is 16.7 Å². The third kappa shape index (κ3) is 3.29. The number of benzene rings is 1. The summed E-state index contributed by atoms with van der Waals surface area (Å²) in [5.41, 5.74) is 6.67. The topological polar surface area (TPSA) is 74.2 Å². The number of rotatable bonds is 5. The Labute approximate surface area is 99.6 Å². The highest BCUT2D eigenvalue weighted by Gasteiger charge is 2.03. The highest BCUT2D eigenvalue weighted by atomic mass is 16.5. The molecule has 1 aromatic heterocycles. The Bertz CT molecular complexity index is 482. The van der Waals surface area contributed by atoms with Gasteiger partial charge in [0.2, 0.25) is 11.7 Å². The van der Waals surface area contributed by atoms with E-state index >= 15 is 0 Å². The minimum absolute atomic E-state index is 0.309. The largest absolute Gasteiger partial charge is 0.485 e. The maximum Gasteiger partial charge on any atom is 0.223 e. The van der Waals surface area contributed by atoms with E-state index in [1.807, 2.05) is 24.3 Å². The second-order valence-corrected chi connectivity index (χ2v) is 3.70. The lowest BCUT2D eigenvalue weighted by Gasteiger charge is -2.05. The second-order valence-electron chi connectivity index (χ2n) is 3.70. The van der Waals surface area contributed by atoms with Crippen molar-refractivity contribution in [1.82, 2.24) is 10.1 Å². The molecular weight excluding hydrogens is 218 g/mol. The molecule has 0 aliphatic rings. The van der Waals surface area contributed by atoms with E-state index in [0.29, 0.717) is 24.9 Å². The van der Waals surface area contributed by atoms with Gasteiger partial charge in [-0.15, -0.1) is 0 Å². The fraction of sp³-hybridized carbons (Fsp3) is 0.333. The van der Waals surface area contributed by atoms with E-state index in [4.69, 9.17) is 15.0 Å². The van der Waals surface area contributed by atoms with Crippen molar-refractivity contribution in [2.24, 2.45) is 5.73 Å². The van der Waals surface area contributed by atoms with Crippen LogP contribution in [0.3, 0.4) is 0 Å². The zero-order valence-electron chi connectivity index (χ0n) is 9.72. The van der Waals surface area contributed by atoms with Gasteiger partial charge in [-0.3, -0.25) is 0 Å². The van der Waals surface area contributed by atoms with E-state index in [-0.39, 0.29) is 0 Å². The van der Waals surface area contributed by atoms with Crippen LogP contribution in [0.1, 0.15) is 17.3 Å². The third-order valence-electron chi connectivity index (χ3n) is 2.27. The van der Waals surface area contributed by atoms with E-state index in [0.717, 1.165) is 17.7 Å². The Morgan fingerprint density at radius 1 is 1.41 bits per heavy atom. The fourth-order valence-electron chi connectivity index (χ4n) is 1.51. The first-order valence-corrected chi connectivity index (χ1v) is 5.49. The molecule has 0 bridgehead atoms. The molecule has 90 valence electrons. The monoisotopic (exact) mass is 233 g/mol. The van der Waals surface area contributed by atoms with Gasteiger partial charge < -0.3 is 15.0 Å². The van der Waals surface area contributed by atoms with Crippen LogP contribution in [0.4, 0.5) is 0 Å². The van der Waals surface area contributed by atoms with Gasteiger partial charge in [0.1, 0.15) is 5.75 Å². The number of hydrogen-bond acceptors (Lipinski definition) is 5. The van der Waals surface area contributed by atoms with Crippen LogP contribution >= 0.6 is 0 Å². The van der Waals surface area contributed by atoms with Crippen molar-refractivity contribution in [2.75, 3.05) is 6.54 Å². The molecule has 2 rings (SSSR count). The summed E-state index contributed by atoms with van der Waals surface area (Å²) in [6.07, 6.45) is 0.846. The zero-order chi connectivity index (χ0) is 12.1. The van der Waals surface area contributed by atoms with E-state index in [2.05, 4.69) is 10.1 Å². The Morgan fingerprint density at radius 3 is 3.00 bits per heavy atom. The first-order valence-electron chi connectivity index (χ1n) is 5.49. The number of ether oxygens (including phenoxy) is 1. The molecule has 0 atom stereocenters. The quantitative estimate of drug-likeness (QED) is 0.846. The number of aromatic nitrogens is 2. The summed E-state index contributed by atoms with van der Waals surface area (Å²) in [6, 6.07) is 7.84. The van der Waals surface area contributed by atoms with E-state index in [9.17, 15) is 0 Å². The van der Waals surface area contributed by atoms with Crippen molar-refractivity contribution in [3.8, 4) is 5.75 Å². The summed E-state index contributed by atoms with van der Waals surface area (Å²) >= 11 is 0. The number of hydrogen-bond donors (Lipinski definition) is 1. The molecule has 5 nitrogen and oxygen atoms in total. The molecular formula is C12H15N3O2. The van der Waals surface area contributed by atoms with Gasteiger partial charge in [-0.2, -0.15) is 4.98 Å². The fourth-order valence-corrected chi connectivity index (χ4v) is 1.51. The number of nitrogens with two attached hydrogens (primary N) is 1. The summed E-state index contributed by atoms with van der Waals surface area (Å²) < 4.78 is 10.4. The van der Waals surface area contributed by atoms with E-state index < -0.39 is 0 Å². The van der Waals surface area contributed by atoms with Crippen LogP contribution < -0.4 is 10.5 Å². The SMILES string of the molecule is Cc1nc(COc2cccc(CCN)c2)no1. The predicted octanol–water partition coefficient (Wildman–Crippen LogP) is 1.46. The Hall–Kier alpha value is -1.88. The molecule has 0 unspecified atom stereocenters. The zero-order valence-corrected chi connectivity index (χ0v) is 9.72. The van der Waals surface area contributed by atoms with Gasteiger partial charge in [0.15, 0.2) is 6.61 Å². The van der Waals surface area contributed by atoms with Gasteiger partial charge in [0.25, 0.3) is 0 Å². The van der Waals surface area contributed by atoms with Crippen molar-refractivity contribution < 1.29 is 9.26 Å². The van der Waals surface area contributed by atoms with Crippen molar-refractivity contribution in [3.63, 3.8) is 0 Å². The highest BCUT2D eigenvalue weighted by Crippen LogP contribution is 2.14. The molecule has 0 amide bonds. The summed E-state index contributed by atoms with van der Waals surface area (Å²) in [6.45, 7) is 2.69. The molecule has 2 N–H and O–H groups in total. The average Bonchev–Trinajstić information content (AvgIpc) is 2.74. The van der Waals surface area contributed by atoms with Crippen LogP contribution in [0.2, 0.25) is 0 Å². The molecule has 0 spiro atoms. The highest BCUT2D eigenvalue weighted by molar-refractivity contribution is 5.28. The van der Waals surface area contributed by atoms with Crippen molar-refractivity contribution in [3.05, 3.63) is 41.5 Å². The molecule has 5 heteroatoms. The smallest absolute Gasteiger partial charge is 0.223 e. The minimum atomic E-state index is 0.309. The van der Waals surface area contributed by atoms with Gasteiger partial charge in [0.05, 0.1) is 0 Å². The van der Waals surface area contributed by atoms with Crippen LogP contribution in [0.5, 0.6) is 5.75 Å². The van der Waals surface area contributed by atoms with Gasteiger partial charge in [-0.05, 0) is 30.7 Å². The molecule has 1 heterocycles. The molecule has 0 aliphatic carbocycles. The van der Waals surface area contributed by atoms with E-state index in [1.54, 1.807) is 6.92 Å². The van der Waals surface area contributed by atoms with Gasteiger partial charge in [-0.1, -0.05) is 17.3 Å². The third-order valence-corrected chi connectivity index (χ3v) is 2.27. The van der Waals surface area contributed by atoms with Crippen LogP contribution in [0.15, 0.2) is 28.8 Å². The molecule has 0 aliphatic heterocycles. The van der Waals surface area contributed by atoms with Crippen LogP contribution in [0, 0.1) is 6.92 Å². The molecule has 1 aromatic carbocycles. The first kappa shape index (κ1) is 11.6. The minimum Gasteiger partial charge on any atom is -0.485 e. The van der Waals surface area contributed by atoms with Crippen molar-refractivity contribution >= 4 is 0 Å². The molecule has 2 aromatic rings. The predicted molar refractivity (Wildman–Crippen MR) is 62.6 cm³/mol. The van der Waals surface area contributed by atoms with Crippen LogP contribution in [-0.2, 0) is 13.0 Å². The summed E-state index contributed by atoms with van der Waals surface area (Å²) in [5, 5.41) is 3.76. The van der Waals surface area contributed by atoms with Gasteiger partial charge >= 0.3 is 0 Å². The normalized spacial score (nSPS) is 10.5. The van der Waals surface area contributed by atoms with Gasteiger partial charge in [0, 0.05) is 6.92 Å². The Morgan fingerprint density at radius 2 is 2.29 bits per heavy atom. The summed E-state index contributed by atoms with van der Waals surface area (Å²) in [4.78, 5) is 4.06. The van der Waals surface area contributed by atoms with Crippen molar-refractivity contribution in [1.29, 1.82) is 0 Å². The number of aryl methyl sites for hydroxylation is 1. The molecule has 0 saturated heterocycles. The van der Waals surface area contributed by atoms with Crippen molar-refractivity contribution in [2.45, 2.75) is 20.0 Å². The average molecular weight is 233 g/mol. The Kier molecular flexibility index (Phi) is 3.72. The lowest BCUT2D eigenvalue weighted by Crippen LogP contribution is -2.03. The Balaban J connectivity index is 1.96. The lowest BCUT2D eigenvalue weighted by atomic mass is 10.1. The van der Waals surface area contributed by atoms with Gasteiger partial charge in [-0.25, -0.2) is 0 Å². The summed E-state index contributed by atoms with van der Waals surface area (Å²) in [7, 11) is 0. The lowest BCUT2D eigenvalue weighted by molar-refractivity contribution is 0.285. The molecule has 0 saturated carbocycles. The standard InChI is InChI=1S/C12H15N3O2/c1-9-14-12(15-17-9)8-16-11-4-2-3-10(7-11)5-6-13/h2-4,7H,5-6,8,13H2,1H3. The molecule has 0 radical (unpaired) electrons. The molecule has 0 fully saturated rings. The first-order chi connectivity index (χ1) is 8.28. The second kappa shape index (κ2) is 5.45. The summed E-state index contributed by atoms with van der Waals surface area (Å²) in [5.74, 6) is 1.88. The molecule has 17 heavy (non-hydrogen) atoms. The maximum atomic E-state index is 5.57. The van der Waals surface area contributed by atoms with E-state index in [1.165, 1.54) is 0 Å². The maximum absolute atomic E-state index is 5.57. The van der Waals surface area contributed by atoms with Crippen LogP contribution in [0.25, 0.3) is 0 Å².